The van der Waals surface area contributed by atoms with Crippen LogP contribution in [0.1, 0.15) is 68.6 Å². The highest BCUT2D eigenvalue weighted by Crippen LogP contribution is 2.23. The highest BCUT2D eigenvalue weighted by molar-refractivity contribution is 8.15. The van der Waals surface area contributed by atoms with Gasteiger partial charge < -0.3 is 20.8 Å². The molecule has 0 unspecified atom stereocenters. The van der Waals surface area contributed by atoms with E-state index in [1.54, 1.807) is 19.2 Å². The average Bonchev–Trinajstić information content (AvgIpc) is 2.94. The molecule has 2 aromatic carbocycles. The SMILES string of the molecule is CCCCCCCCc1ccc(CCC(CO)(CO)NC(=S)[C@H](Cc2ccc(Cl)cc2)SC(=O)NC)cc1. The Labute approximate surface area is 243 Å². The summed E-state index contributed by atoms with van der Waals surface area (Å²) in [5.74, 6) is 0. The van der Waals surface area contributed by atoms with Crippen molar-refractivity contribution in [1.29, 1.82) is 0 Å². The van der Waals surface area contributed by atoms with Crippen LogP contribution in [-0.2, 0) is 19.3 Å². The number of aryl methyl sites for hydroxylation is 2. The van der Waals surface area contributed by atoms with Gasteiger partial charge in [-0.1, -0.05) is 111 Å². The molecule has 0 radical (unpaired) electrons. The molecule has 38 heavy (non-hydrogen) atoms. The van der Waals surface area contributed by atoms with E-state index < -0.39 is 5.54 Å². The Kier molecular flexibility index (Phi) is 15.3. The third-order valence-electron chi connectivity index (χ3n) is 6.81. The Morgan fingerprint density at radius 1 is 0.921 bits per heavy atom. The van der Waals surface area contributed by atoms with Crippen molar-refractivity contribution in [2.45, 2.75) is 81.9 Å². The Morgan fingerprint density at radius 3 is 2.05 bits per heavy atom. The quantitative estimate of drug-likeness (QED) is 0.127. The van der Waals surface area contributed by atoms with E-state index in [2.05, 4.69) is 41.8 Å². The van der Waals surface area contributed by atoms with Crippen molar-refractivity contribution in [3.8, 4) is 0 Å². The van der Waals surface area contributed by atoms with Crippen LogP contribution in [0.15, 0.2) is 48.5 Å². The lowest BCUT2D eigenvalue weighted by Crippen LogP contribution is -2.56. The van der Waals surface area contributed by atoms with Gasteiger partial charge in [-0.2, -0.15) is 0 Å². The number of carbonyl (C=O) groups excluding carboxylic acids is 1. The largest absolute Gasteiger partial charge is 0.394 e. The van der Waals surface area contributed by atoms with Gasteiger partial charge in [0, 0.05) is 12.1 Å². The molecule has 0 heterocycles. The first-order valence-corrected chi connectivity index (χ1v) is 15.3. The summed E-state index contributed by atoms with van der Waals surface area (Å²) in [7, 11) is 1.58. The lowest BCUT2D eigenvalue weighted by atomic mass is 9.91. The second-order valence-corrected chi connectivity index (χ2v) is 11.9. The number of benzene rings is 2. The predicted octanol–water partition coefficient (Wildman–Crippen LogP) is 6.50. The van der Waals surface area contributed by atoms with E-state index in [-0.39, 0.29) is 23.7 Å². The van der Waals surface area contributed by atoms with Crippen LogP contribution in [0.4, 0.5) is 4.79 Å². The Balaban J connectivity index is 1.98. The molecular weight excluding hydrogens is 536 g/mol. The van der Waals surface area contributed by atoms with Gasteiger partial charge in [0.25, 0.3) is 5.24 Å². The molecule has 5 nitrogen and oxygen atoms in total. The summed E-state index contributed by atoms with van der Waals surface area (Å²) >= 11 is 12.8. The number of thioether (sulfide) groups is 1. The third kappa shape index (κ3) is 11.6. The molecule has 210 valence electrons. The molecule has 0 aliphatic heterocycles. The number of thiocarbonyl (C=S) groups is 1. The fourth-order valence-corrected chi connectivity index (χ4v) is 5.66. The lowest BCUT2D eigenvalue weighted by molar-refractivity contribution is 0.0996. The fraction of sp³-hybridized carbons (Fsp3) is 0.533. The third-order valence-corrected chi connectivity index (χ3v) is 8.70. The van der Waals surface area contributed by atoms with Gasteiger partial charge in [0.1, 0.15) is 0 Å². The van der Waals surface area contributed by atoms with Crippen LogP contribution in [0.2, 0.25) is 5.02 Å². The van der Waals surface area contributed by atoms with Gasteiger partial charge in [0.05, 0.1) is 29.0 Å². The summed E-state index contributed by atoms with van der Waals surface area (Å²) in [6.45, 7) is 1.68. The molecule has 0 aromatic heterocycles. The maximum Gasteiger partial charge on any atom is 0.279 e. The number of hydrogen-bond acceptors (Lipinski definition) is 5. The molecule has 0 fully saturated rings. The summed E-state index contributed by atoms with van der Waals surface area (Å²) in [6, 6.07) is 16.1. The van der Waals surface area contributed by atoms with Gasteiger partial charge in [-0.3, -0.25) is 4.79 Å². The van der Waals surface area contributed by atoms with Gasteiger partial charge in [-0.05, 0) is 60.9 Å². The number of rotatable bonds is 17. The zero-order valence-electron chi connectivity index (χ0n) is 22.7. The molecule has 0 bridgehead atoms. The second kappa shape index (κ2) is 17.9. The molecule has 1 atom stereocenters. The van der Waals surface area contributed by atoms with Gasteiger partial charge in [-0.25, -0.2) is 0 Å². The standard InChI is InChI=1S/C30H43ClN2O3S2/c1-3-4-5-6-7-8-9-23-10-12-24(13-11-23)18-19-30(21-34,22-35)33-28(37)27(38-29(36)32-2)20-25-14-16-26(31)17-15-25/h10-17,27,34-35H,3-9,18-22H2,1-2H3,(H,32,36)(H,33,37)/t27-/m0/s1. The highest BCUT2D eigenvalue weighted by Gasteiger charge is 2.32. The van der Waals surface area contributed by atoms with Crippen LogP contribution >= 0.6 is 35.6 Å². The van der Waals surface area contributed by atoms with Gasteiger partial charge in [0.15, 0.2) is 0 Å². The van der Waals surface area contributed by atoms with E-state index in [1.807, 2.05) is 12.1 Å². The molecule has 0 aliphatic rings. The van der Waals surface area contributed by atoms with E-state index in [9.17, 15) is 15.0 Å². The van der Waals surface area contributed by atoms with Crippen LogP contribution in [0.5, 0.6) is 0 Å². The molecule has 0 saturated carbocycles. The van der Waals surface area contributed by atoms with Crippen molar-refractivity contribution in [2.75, 3.05) is 20.3 Å². The molecule has 1 amide bonds. The first kappa shape index (κ1) is 32.6. The lowest BCUT2D eigenvalue weighted by Gasteiger charge is -2.34. The predicted molar refractivity (Wildman–Crippen MR) is 165 cm³/mol. The maximum atomic E-state index is 12.2. The second-order valence-electron chi connectivity index (χ2n) is 9.89. The van der Waals surface area contributed by atoms with E-state index in [4.69, 9.17) is 23.8 Å². The molecule has 0 aliphatic carbocycles. The molecular formula is C30H43ClN2O3S2. The fourth-order valence-electron chi connectivity index (χ4n) is 4.27. The summed E-state index contributed by atoms with van der Waals surface area (Å²) in [6.07, 6.45) is 10.5. The van der Waals surface area contributed by atoms with Crippen molar-refractivity contribution in [3.05, 3.63) is 70.2 Å². The Hall–Kier alpha value is -1.64. The summed E-state index contributed by atoms with van der Waals surface area (Å²) in [5, 5.41) is 26.5. The first-order chi connectivity index (χ1) is 18.3. The zero-order valence-corrected chi connectivity index (χ0v) is 25.1. The number of hydrogen-bond donors (Lipinski definition) is 4. The smallest absolute Gasteiger partial charge is 0.279 e. The Bertz CT molecular complexity index is 966. The number of aliphatic hydroxyl groups is 2. The average molecular weight is 579 g/mol. The van der Waals surface area contributed by atoms with Crippen molar-refractivity contribution in [2.24, 2.45) is 0 Å². The number of aliphatic hydroxyl groups excluding tert-OH is 2. The molecule has 8 heteroatoms. The minimum Gasteiger partial charge on any atom is -0.394 e. The van der Waals surface area contributed by atoms with Crippen LogP contribution in [0, 0.1) is 0 Å². The van der Waals surface area contributed by atoms with Crippen LogP contribution < -0.4 is 10.6 Å². The topological polar surface area (TPSA) is 81.6 Å². The number of unbranched alkanes of at least 4 members (excludes halogenated alkanes) is 5. The minimum absolute atomic E-state index is 0.201. The van der Waals surface area contributed by atoms with E-state index in [0.717, 1.165) is 29.3 Å². The van der Waals surface area contributed by atoms with Crippen molar-refractivity contribution < 1.29 is 15.0 Å². The van der Waals surface area contributed by atoms with Gasteiger partial charge >= 0.3 is 0 Å². The summed E-state index contributed by atoms with van der Waals surface area (Å²) in [5.41, 5.74) is 2.48. The van der Waals surface area contributed by atoms with Crippen molar-refractivity contribution in [1.82, 2.24) is 10.6 Å². The molecule has 4 N–H and O–H groups in total. The van der Waals surface area contributed by atoms with E-state index in [0.29, 0.717) is 29.3 Å². The summed E-state index contributed by atoms with van der Waals surface area (Å²) in [4.78, 5) is 12.6. The highest BCUT2D eigenvalue weighted by atomic mass is 35.5. The molecule has 0 saturated heterocycles. The van der Waals surface area contributed by atoms with E-state index in [1.165, 1.54) is 44.1 Å². The van der Waals surface area contributed by atoms with Crippen molar-refractivity contribution >= 4 is 45.8 Å². The number of halogens is 1. The number of carbonyl (C=O) groups is 1. The number of amides is 1. The monoisotopic (exact) mass is 578 g/mol. The number of nitrogens with one attached hydrogen (secondary N) is 2. The maximum absolute atomic E-state index is 12.2. The molecule has 2 rings (SSSR count). The zero-order chi connectivity index (χ0) is 27.8. The normalized spacial score (nSPS) is 12.2. The van der Waals surface area contributed by atoms with Crippen molar-refractivity contribution in [3.63, 3.8) is 0 Å². The molecule has 2 aromatic rings. The van der Waals surface area contributed by atoms with E-state index >= 15 is 0 Å². The summed E-state index contributed by atoms with van der Waals surface area (Å²) < 4.78 is 0. The van der Waals surface area contributed by atoms with Crippen LogP contribution in [0.25, 0.3) is 0 Å². The van der Waals surface area contributed by atoms with Gasteiger partial charge in [-0.15, -0.1) is 0 Å². The Morgan fingerprint density at radius 2 is 1.47 bits per heavy atom. The van der Waals surface area contributed by atoms with Crippen LogP contribution in [-0.4, -0.2) is 51.5 Å². The van der Waals surface area contributed by atoms with Crippen LogP contribution in [0.3, 0.4) is 0 Å². The molecule has 0 spiro atoms. The first-order valence-electron chi connectivity index (χ1n) is 13.6. The van der Waals surface area contributed by atoms with Gasteiger partial charge in [0.2, 0.25) is 0 Å². The minimum atomic E-state index is -0.990.